The molecular formula is C21H23F3N2O4S. The van der Waals surface area contributed by atoms with E-state index in [-0.39, 0.29) is 17.2 Å². The van der Waals surface area contributed by atoms with Crippen LogP contribution >= 0.6 is 0 Å². The van der Waals surface area contributed by atoms with Crippen molar-refractivity contribution >= 4 is 21.6 Å². The number of hydrogen-bond acceptors (Lipinski definition) is 4. The molecule has 6 nitrogen and oxygen atoms in total. The second kappa shape index (κ2) is 9.27. The highest BCUT2D eigenvalue weighted by Gasteiger charge is 2.30. The number of anilines is 1. The summed E-state index contributed by atoms with van der Waals surface area (Å²) in [6.07, 6.45) is -1.75. The van der Waals surface area contributed by atoms with Crippen molar-refractivity contribution in [1.29, 1.82) is 0 Å². The summed E-state index contributed by atoms with van der Waals surface area (Å²) in [5, 5.41) is 2.46. The molecule has 168 valence electrons. The van der Waals surface area contributed by atoms with Crippen LogP contribution in [0.4, 0.5) is 18.9 Å². The molecule has 1 heterocycles. The number of ether oxygens (including phenoxy) is 1. The first-order chi connectivity index (χ1) is 14.6. The Morgan fingerprint density at radius 2 is 1.71 bits per heavy atom. The maximum Gasteiger partial charge on any atom is 0.416 e. The Kier molecular flexibility index (Phi) is 6.90. The molecule has 0 aromatic heterocycles. The fourth-order valence-electron chi connectivity index (χ4n) is 3.28. The Hall–Kier alpha value is -2.59. The molecule has 0 aliphatic carbocycles. The molecule has 1 aliphatic rings. The lowest BCUT2D eigenvalue weighted by Crippen LogP contribution is -2.35. The van der Waals surface area contributed by atoms with Crippen LogP contribution in [0.1, 0.15) is 30.4 Å². The zero-order valence-electron chi connectivity index (χ0n) is 16.9. The largest absolute Gasteiger partial charge is 0.483 e. The van der Waals surface area contributed by atoms with Crippen LogP contribution in [0.15, 0.2) is 47.4 Å². The molecule has 10 heteroatoms. The molecule has 31 heavy (non-hydrogen) atoms. The molecule has 0 saturated carbocycles. The van der Waals surface area contributed by atoms with Crippen molar-refractivity contribution in [3.8, 4) is 5.75 Å². The van der Waals surface area contributed by atoms with Crippen molar-refractivity contribution in [2.75, 3.05) is 25.0 Å². The van der Waals surface area contributed by atoms with Gasteiger partial charge in [-0.2, -0.15) is 17.5 Å². The first kappa shape index (κ1) is 23.1. The minimum atomic E-state index is -4.45. The van der Waals surface area contributed by atoms with Crippen LogP contribution in [0.3, 0.4) is 0 Å². The van der Waals surface area contributed by atoms with Crippen molar-refractivity contribution < 1.29 is 31.1 Å². The third kappa shape index (κ3) is 5.76. The van der Waals surface area contributed by atoms with Gasteiger partial charge in [0.05, 0.1) is 10.5 Å². The number of hydrogen-bond donors (Lipinski definition) is 1. The van der Waals surface area contributed by atoms with E-state index in [4.69, 9.17) is 4.74 Å². The van der Waals surface area contributed by atoms with E-state index in [0.29, 0.717) is 24.4 Å². The van der Waals surface area contributed by atoms with E-state index in [1.54, 1.807) is 6.92 Å². The monoisotopic (exact) mass is 456 g/mol. The van der Waals surface area contributed by atoms with E-state index in [0.717, 1.165) is 43.5 Å². The number of amides is 1. The van der Waals surface area contributed by atoms with Gasteiger partial charge in [0.15, 0.2) is 6.61 Å². The van der Waals surface area contributed by atoms with Crippen LogP contribution in [0, 0.1) is 6.92 Å². The fraction of sp³-hybridized carbons (Fsp3) is 0.381. The molecule has 1 amide bonds. The molecule has 0 spiro atoms. The van der Waals surface area contributed by atoms with Gasteiger partial charge in [0.25, 0.3) is 5.91 Å². The van der Waals surface area contributed by atoms with Gasteiger partial charge in [0.1, 0.15) is 5.75 Å². The summed E-state index contributed by atoms with van der Waals surface area (Å²) in [4.78, 5) is 12.2. The van der Waals surface area contributed by atoms with Gasteiger partial charge in [-0.15, -0.1) is 0 Å². The van der Waals surface area contributed by atoms with Gasteiger partial charge in [-0.25, -0.2) is 8.42 Å². The van der Waals surface area contributed by atoms with E-state index in [1.165, 1.54) is 22.5 Å². The Labute approximate surface area is 179 Å². The predicted octanol–water partition coefficient (Wildman–Crippen LogP) is 4.21. The molecule has 3 rings (SSSR count). The van der Waals surface area contributed by atoms with Gasteiger partial charge in [-0.3, -0.25) is 4.79 Å². The second-order valence-electron chi connectivity index (χ2n) is 7.30. The molecule has 2 aromatic rings. The number of sulfonamides is 1. The van der Waals surface area contributed by atoms with Crippen molar-refractivity contribution in [2.24, 2.45) is 0 Å². The highest BCUT2D eigenvalue weighted by Crippen LogP contribution is 2.30. The van der Waals surface area contributed by atoms with Gasteiger partial charge >= 0.3 is 6.18 Å². The van der Waals surface area contributed by atoms with Crippen LogP contribution < -0.4 is 10.1 Å². The van der Waals surface area contributed by atoms with Gasteiger partial charge in [-0.1, -0.05) is 6.42 Å². The topological polar surface area (TPSA) is 75.7 Å². The number of alkyl halides is 3. The maximum absolute atomic E-state index is 12.8. The molecular weight excluding hydrogens is 433 g/mol. The quantitative estimate of drug-likeness (QED) is 0.707. The van der Waals surface area contributed by atoms with Gasteiger partial charge in [0.2, 0.25) is 10.0 Å². The summed E-state index contributed by atoms with van der Waals surface area (Å²) in [7, 11) is -3.57. The summed E-state index contributed by atoms with van der Waals surface area (Å²) in [6.45, 7) is 2.31. The standard InChI is InChI=1S/C21H23F3N2O4S/c1-15-13-18(31(28,29)26-11-3-2-4-12-26)9-10-19(15)30-14-20(27)25-17-7-5-16(6-8-17)21(22,23)24/h5-10,13H,2-4,11-12,14H2,1H3,(H,25,27). The van der Waals surface area contributed by atoms with Crippen molar-refractivity contribution in [1.82, 2.24) is 4.31 Å². The van der Waals surface area contributed by atoms with Crippen LogP contribution in [0.5, 0.6) is 5.75 Å². The van der Waals surface area contributed by atoms with Gasteiger partial charge < -0.3 is 10.1 Å². The molecule has 0 atom stereocenters. The molecule has 0 bridgehead atoms. The Bertz CT molecular complexity index is 1030. The fourth-order valence-corrected chi connectivity index (χ4v) is 4.88. The third-order valence-corrected chi connectivity index (χ3v) is 6.85. The molecule has 0 radical (unpaired) electrons. The van der Waals surface area contributed by atoms with E-state index < -0.39 is 27.7 Å². The molecule has 1 fully saturated rings. The van der Waals surface area contributed by atoms with E-state index >= 15 is 0 Å². The Balaban J connectivity index is 1.59. The molecule has 1 aliphatic heterocycles. The number of halogens is 3. The Morgan fingerprint density at radius 1 is 1.06 bits per heavy atom. The zero-order valence-corrected chi connectivity index (χ0v) is 17.7. The number of benzene rings is 2. The molecule has 1 saturated heterocycles. The third-order valence-electron chi connectivity index (χ3n) is 4.95. The van der Waals surface area contributed by atoms with Gasteiger partial charge in [-0.05, 0) is 67.8 Å². The number of carbonyl (C=O) groups is 1. The molecule has 1 N–H and O–H groups in total. The average molecular weight is 456 g/mol. The summed E-state index contributed by atoms with van der Waals surface area (Å²) in [5.41, 5.74) is -0.0429. The normalized spacial score (nSPS) is 15.5. The molecule has 0 unspecified atom stereocenters. The summed E-state index contributed by atoms with van der Waals surface area (Å²) in [6, 6.07) is 8.52. The predicted molar refractivity (Wildman–Crippen MR) is 109 cm³/mol. The maximum atomic E-state index is 12.8. The van der Waals surface area contributed by atoms with Crippen LogP contribution in [-0.4, -0.2) is 38.3 Å². The van der Waals surface area contributed by atoms with Crippen LogP contribution in [0.2, 0.25) is 0 Å². The summed E-state index contributed by atoms with van der Waals surface area (Å²) in [5.74, 6) is -0.204. The zero-order chi connectivity index (χ0) is 22.6. The minimum absolute atomic E-state index is 0.174. The van der Waals surface area contributed by atoms with Crippen molar-refractivity contribution in [3.05, 3.63) is 53.6 Å². The second-order valence-corrected chi connectivity index (χ2v) is 9.24. The smallest absolute Gasteiger partial charge is 0.416 e. The number of nitrogens with zero attached hydrogens (tertiary/aromatic N) is 1. The lowest BCUT2D eigenvalue weighted by atomic mass is 10.2. The summed E-state index contributed by atoms with van der Waals surface area (Å²) < 4.78 is 70.2. The van der Waals surface area contributed by atoms with Crippen LogP contribution in [-0.2, 0) is 21.0 Å². The number of aryl methyl sites for hydroxylation is 1. The van der Waals surface area contributed by atoms with E-state index in [9.17, 15) is 26.4 Å². The first-order valence-corrected chi connectivity index (χ1v) is 11.2. The summed E-state index contributed by atoms with van der Waals surface area (Å²) >= 11 is 0. The van der Waals surface area contributed by atoms with Crippen molar-refractivity contribution in [3.63, 3.8) is 0 Å². The average Bonchev–Trinajstić information content (AvgIpc) is 2.73. The van der Waals surface area contributed by atoms with Crippen molar-refractivity contribution in [2.45, 2.75) is 37.3 Å². The van der Waals surface area contributed by atoms with Crippen LogP contribution in [0.25, 0.3) is 0 Å². The number of carbonyl (C=O) groups excluding carboxylic acids is 1. The number of nitrogens with one attached hydrogen (secondary N) is 1. The SMILES string of the molecule is Cc1cc(S(=O)(=O)N2CCCCC2)ccc1OCC(=O)Nc1ccc(C(F)(F)F)cc1. The number of rotatable bonds is 6. The Morgan fingerprint density at radius 3 is 2.29 bits per heavy atom. The number of piperidine rings is 1. The lowest BCUT2D eigenvalue weighted by molar-refractivity contribution is -0.137. The van der Waals surface area contributed by atoms with E-state index in [2.05, 4.69) is 5.32 Å². The molecule has 2 aromatic carbocycles. The highest BCUT2D eigenvalue weighted by molar-refractivity contribution is 7.89. The lowest BCUT2D eigenvalue weighted by Gasteiger charge is -2.26. The van der Waals surface area contributed by atoms with E-state index in [1.807, 2.05) is 0 Å². The van der Waals surface area contributed by atoms with Gasteiger partial charge in [0, 0.05) is 18.8 Å². The highest BCUT2D eigenvalue weighted by atomic mass is 32.2. The minimum Gasteiger partial charge on any atom is -0.483 e. The first-order valence-electron chi connectivity index (χ1n) is 9.78.